The standard InChI is InChI=1S/C7H13N3O/c1-3-5(11)7-8-6(4-2)9-10-7/h5,11H,3-4H2,1-2H3,(H,8,9,10). The number of aliphatic hydroxyl groups excluding tert-OH is 1. The van der Waals surface area contributed by atoms with Crippen molar-refractivity contribution in [2.45, 2.75) is 32.8 Å². The van der Waals surface area contributed by atoms with E-state index in [-0.39, 0.29) is 0 Å². The molecule has 0 saturated carbocycles. The highest BCUT2D eigenvalue weighted by Gasteiger charge is 2.09. The predicted octanol–water partition coefficient (Wildman–Crippen LogP) is 0.810. The van der Waals surface area contributed by atoms with E-state index in [4.69, 9.17) is 0 Å². The topological polar surface area (TPSA) is 61.8 Å². The third-order valence-corrected chi connectivity index (χ3v) is 1.57. The molecule has 0 aliphatic carbocycles. The van der Waals surface area contributed by atoms with Gasteiger partial charge in [0, 0.05) is 6.42 Å². The lowest BCUT2D eigenvalue weighted by Crippen LogP contribution is -1.97. The van der Waals surface area contributed by atoms with Crippen LogP contribution in [0.25, 0.3) is 0 Å². The van der Waals surface area contributed by atoms with E-state index in [0.29, 0.717) is 12.2 Å². The van der Waals surface area contributed by atoms with Gasteiger partial charge in [-0.2, -0.15) is 5.10 Å². The fourth-order valence-electron chi connectivity index (χ4n) is 0.800. The number of aryl methyl sites for hydroxylation is 1. The van der Waals surface area contributed by atoms with Crippen LogP contribution in [0.1, 0.15) is 38.0 Å². The van der Waals surface area contributed by atoms with Crippen molar-refractivity contribution < 1.29 is 5.11 Å². The maximum absolute atomic E-state index is 9.29. The van der Waals surface area contributed by atoms with Crippen LogP contribution in [0.4, 0.5) is 0 Å². The van der Waals surface area contributed by atoms with Gasteiger partial charge in [0.2, 0.25) is 0 Å². The van der Waals surface area contributed by atoms with Gasteiger partial charge in [0.1, 0.15) is 11.9 Å². The molecule has 1 atom stereocenters. The molecule has 0 bridgehead atoms. The van der Waals surface area contributed by atoms with E-state index < -0.39 is 6.10 Å². The van der Waals surface area contributed by atoms with Gasteiger partial charge in [-0.1, -0.05) is 13.8 Å². The van der Waals surface area contributed by atoms with Gasteiger partial charge in [0.05, 0.1) is 0 Å². The summed E-state index contributed by atoms with van der Waals surface area (Å²) in [5.74, 6) is 1.33. The third-order valence-electron chi connectivity index (χ3n) is 1.57. The van der Waals surface area contributed by atoms with Crippen LogP contribution in [0.5, 0.6) is 0 Å². The van der Waals surface area contributed by atoms with Crippen molar-refractivity contribution in [1.29, 1.82) is 0 Å². The maximum atomic E-state index is 9.29. The molecule has 1 heterocycles. The van der Waals surface area contributed by atoms with Gasteiger partial charge in [-0.05, 0) is 6.42 Å². The molecule has 11 heavy (non-hydrogen) atoms. The summed E-state index contributed by atoms with van der Waals surface area (Å²) in [7, 11) is 0. The average molecular weight is 155 g/mol. The maximum Gasteiger partial charge on any atom is 0.179 e. The normalized spacial score (nSPS) is 13.4. The zero-order valence-corrected chi connectivity index (χ0v) is 6.83. The van der Waals surface area contributed by atoms with E-state index in [2.05, 4.69) is 15.2 Å². The van der Waals surface area contributed by atoms with Crippen molar-refractivity contribution in [2.24, 2.45) is 0 Å². The Labute approximate surface area is 65.7 Å². The van der Waals surface area contributed by atoms with Crippen molar-refractivity contribution >= 4 is 0 Å². The number of rotatable bonds is 3. The van der Waals surface area contributed by atoms with Crippen LogP contribution in [-0.4, -0.2) is 20.3 Å². The number of aliphatic hydroxyl groups is 1. The quantitative estimate of drug-likeness (QED) is 0.679. The van der Waals surface area contributed by atoms with Crippen molar-refractivity contribution in [2.75, 3.05) is 0 Å². The Balaban J connectivity index is 2.71. The number of hydrogen-bond acceptors (Lipinski definition) is 3. The molecule has 2 N–H and O–H groups in total. The lowest BCUT2D eigenvalue weighted by molar-refractivity contribution is 0.164. The molecule has 4 nitrogen and oxygen atoms in total. The molecule has 1 rings (SSSR count). The van der Waals surface area contributed by atoms with Crippen LogP contribution >= 0.6 is 0 Å². The molecule has 62 valence electrons. The Bertz CT molecular complexity index is 221. The molecule has 1 aromatic heterocycles. The minimum absolute atomic E-state index is 0.504. The van der Waals surface area contributed by atoms with Crippen molar-refractivity contribution in [3.8, 4) is 0 Å². The smallest absolute Gasteiger partial charge is 0.179 e. The molecule has 0 aliphatic heterocycles. The van der Waals surface area contributed by atoms with Gasteiger partial charge in [-0.25, -0.2) is 4.98 Å². The summed E-state index contributed by atoms with van der Waals surface area (Å²) in [5, 5.41) is 15.9. The van der Waals surface area contributed by atoms with E-state index in [1.165, 1.54) is 0 Å². The highest BCUT2D eigenvalue weighted by molar-refractivity contribution is 4.92. The molecule has 0 fully saturated rings. The molecular weight excluding hydrogens is 142 g/mol. The Morgan fingerprint density at radius 3 is 2.73 bits per heavy atom. The zero-order chi connectivity index (χ0) is 8.27. The highest BCUT2D eigenvalue weighted by Crippen LogP contribution is 2.10. The van der Waals surface area contributed by atoms with Crippen LogP contribution in [0.2, 0.25) is 0 Å². The van der Waals surface area contributed by atoms with Crippen LogP contribution in [0, 0.1) is 0 Å². The lowest BCUT2D eigenvalue weighted by Gasteiger charge is -1.98. The number of aromatic nitrogens is 3. The number of H-pyrrole nitrogens is 1. The Morgan fingerprint density at radius 1 is 1.55 bits per heavy atom. The summed E-state index contributed by atoms with van der Waals surface area (Å²) in [6.45, 7) is 3.88. The summed E-state index contributed by atoms with van der Waals surface area (Å²) in [4.78, 5) is 4.08. The van der Waals surface area contributed by atoms with Gasteiger partial charge < -0.3 is 5.11 Å². The number of nitrogens with one attached hydrogen (secondary N) is 1. The van der Waals surface area contributed by atoms with E-state index in [1.54, 1.807) is 0 Å². The molecule has 1 unspecified atom stereocenters. The summed E-state index contributed by atoms with van der Waals surface area (Å²) >= 11 is 0. The molecule has 0 aromatic carbocycles. The second kappa shape index (κ2) is 3.48. The zero-order valence-electron chi connectivity index (χ0n) is 6.83. The molecule has 0 radical (unpaired) electrons. The predicted molar refractivity (Wildman–Crippen MR) is 41.0 cm³/mol. The molecular formula is C7H13N3O. The summed E-state index contributed by atoms with van der Waals surface area (Å²) in [5.41, 5.74) is 0. The largest absolute Gasteiger partial charge is 0.385 e. The van der Waals surface area contributed by atoms with E-state index in [0.717, 1.165) is 12.2 Å². The first kappa shape index (κ1) is 8.20. The van der Waals surface area contributed by atoms with E-state index in [1.807, 2.05) is 13.8 Å². The van der Waals surface area contributed by atoms with Crippen LogP contribution < -0.4 is 0 Å². The van der Waals surface area contributed by atoms with Gasteiger partial charge in [0.25, 0.3) is 0 Å². The monoisotopic (exact) mass is 155 g/mol. The second-order valence-corrected chi connectivity index (χ2v) is 2.42. The number of nitrogens with zero attached hydrogens (tertiary/aromatic N) is 2. The van der Waals surface area contributed by atoms with Gasteiger partial charge in [-0.3, -0.25) is 5.10 Å². The number of hydrogen-bond donors (Lipinski definition) is 2. The SMILES string of the molecule is CCc1nc(C(O)CC)n[nH]1. The molecule has 1 aromatic rings. The minimum atomic E-state index is -0.522. The molecule has 0 saturated heterocycles. The van der Waals surface area contributed by atoms with Gasteiger partial charge in [-0.15, -0.1) is 0 Å². The average Bonchev–Trinajstić information content (AvgIpc) is 2.50. The third kappa shape index (κ3) is 1.77. The minimum Gasteiger partial charge on any atom is -0.385 e. The van der Waals surface area contributed by atoms with E-state index in [9.17, 15) is 5.11 Å². The summed E-state index contributed by atoms with van der Waals surface area (Å²) < 4.78 is 0. The fourth-order valence-corrected chi connectivity index (χ4v) is 0.800. The van der Waals surface area contributed by atoms with Crippen LogP contribution in [-0.2, 0) is 6.42 Å². The van der Waals surface area contributed by atoms with Crippen molar-refractivity contribution in [3.63, 3.8) is 0 Å². The summed E-state index contributed by atoms with van der Waals surface area (Å²) in [6.07, 6.45) is 0.955. The highest BCUT2D eigenvalue weighted by atomic mass is 16.3. The molecule has 0 aliphatic rings. The molecule has 4 heteroatoms. The molecule has 0 spiro atoms. The van der Waals surface area contributed by atoms with Gasteiger partial charge >= 0.3 is 0 Å². The lowest BCUT2D eigenvalue weighted by atomic mass is 10.3. The van der Waals surface area contributed by atoms with E-state index >= 15 is 0 Å². The molecule has 0 amide bonds. The fraction of sp³-hybridized carbons (Fsp3) is 0.714. The Hall–Kier alpha value is -0.900. The van der Waals surface area contributed by atoms with Gasteiger partial charge in [0.15, 0.2) is 5.82 Å². The Morgan fingerprint density at radius 2 is 2.27 bits per heavy atom. The first-order chi connectivity index (χ1) is 5.27. The van der Waals surface area contributed by atoms with Crippen molar-refractivity contribution in [3.05, 3.63) is 11.6 Å². The van der Waals surface area contributed by atoms with Crippen LogP contribution in [0.15, 0.2) is 0 Å². The van der Waals surface area contributed by atoms with Crippen molar-refractivity contribution in [1.82, 2.24) is 15.2 Å². The Kier molecular flexibility index (Phi) is 2.59. The number of aromatic amines is 1. The first-order valence-corrected chi connectivity index (χ1v) is 3.87. The summed E-state index contributed by atoms with van der Waals surface area (Å²) in [6, 6.07) is 0. The first-order valence-electron chi connectivity index (χ1n) is 3.87. The second-order valence-electron chi connectivity index (χ2n) is 2.42. The van der Waals surface area contributed by atoms with Crippen LogP contribution in [0.3, 0.4) is 0 Å².